The van der Waals surface area contributed by atoms with Crippen molar-refractivity contribution in [2.24, 2.45) is 5.41 Å². The number of carbonyl (C=O) groups excluding carboxylic acids is 2. The van der Waals surface area contributed by atoms with Gasteiger partial charge in [0.15, 0.2) is 17.8 Å². The Morgan fingerprint density at radius 3 is 2.05 bits per heavy atom. The first-order valence-corrected chi connectivity index (χ1v) is 16.0. The fraction of sp³-hybridized carbons (Fsp3) is 0.273. The topological polar surface area (TPSA) is 46.6 Å². The molecule has 1 atom stereocenters. The van der Waals surface area contributed by atoms with E-state index in [1.165, 1.54) is 11.3 Å². The number of fused-ring (bicyclic) bond motifs is 1. The maximum absolute atomic E-state index is 12.6. The van der Waals surface area contributed by atoms with Gasteiger partial charge in [0.25, 0.3) is 0 Å². The van der Waals surface area contributed by atoms with Crippen molar-refractivity contribution < 1.29 is 14.1 Å². The quantitative estimate of drug-likeness (QED) is 0.187. The van der Waals surface area contributed by atoms with Crippen molar-refractivity contribution in [3.63, 3.8) is 0 Å². The molecule has 2 aliphatic rings. The summed E-state index contributed by atoms with van der Waals surface area (Å²) < 4.78 is 6.67. The van der Waals surface area contributed by atoms with Gasteiger partial charge in [0.1, 0.15) is 5.75 Å². The molecule has 0 saturated heterocycles. The molecular formula is C33H34NO3PS. The molecule has 4 nitrogen and oxygen atoms in total. The molecule has 0 radical (unpaired) electrons. The number of anilines is 1. The van der Waals surface area contributed by atoms with E-state index in [2.05, 4.69) is 55.9 Å². The van der Waals surface area contributed by atoms with Crippen LogP contribution in [-0.4, -0.2) is 18.6 Å². The van der Waals surface area contributed by atoms with Crippen LogP contribution in [0.2, 0.25) is 0 Å². The molecule has 0 bridgehead atoms. The van der Waals surface area contributed by atoms with Gasteiger partial charge < -0.3 is 9.42 Å². The predicted molar refractivity (Wildman–Crippen MR) is 164 cm³/mol. The third-order valence-corrected chi connectivity index (χ3v) is 10.9. The van der Waals surface area contributed by atoms with Gasteiger partial charge in [0.05, 0.1) is 5.57 Å². The standard InChI is InChI=1S/C33H34NO3PS/c1-32(2)20-29(35)26(30(36)21-32)19-23-15-17-24(18-16-23)37-38(39,25-11-7-6-8-12-25)22-31-33(3,4)27-13-9-10-14-28(27)34(31)5/h6-19,22H,20-21H2,1-5H3. The van der Waals surface area contributed by atoms with Gasteiger partial charge in [0.2, 0.25) is 0 Å². The second-order valence-electron chi connectivity index (χ2n) is 11.7. The van der Waals surface area contributed by atoms with Crippen molar-refractivity contribution in [1.82, 2.24) is 0 Å². The first kappa shape index (κ1) is 27.3. The van der Waals surface area contributed by atoms with E-state index in [0.29, 0.717) is 18.6 Å². The van der Waals surface area contributed by atoms with E-state index in [1.54, 1.807) is 6.08 Å². The van der Waals surface area contributed by atoms with E-state index < -0.39 is 6.26 Å². The predicted octanol–water partition coefficient (Wildman–Crippen LogP) is 7.40. The van der Waals surface area contributed by atoms with Crippen LogP contribution in [0, 0.1) is 5.41 Å². The van der Waals surface area contributed by atoms with Gasteiger partial charge in [-0.15, -0.1) is 0 Å². The van der Waals surface area contributed by atoms with Crippen LogP contribution in [0.25, 0.3) is 6.08 Å². The minimum atomic E-state index is -2.67. The Morgan fingerprint density at radius 2 is 1.44 bits per heavy atom. The second kappa shape index (κ2) is 10.0. The van der Waals surface area contributed by atoms with E-state index in [4.69, 9.17) is 16.3 Å². The van der Waals surface area contributed by atoms with Gasteiger partial charge in [-0.05, 0) is 52.6 Å². The Morgan fingerprint density at radius 1 is 0.846 bits per heavy atom. The molecule has 0 N–H and O–H groups in total. The summed E-state index contributed by atoms with van der Waals surface area (Å²) in [5.41, 5.74) is 4.13. The number of nitrogens with zero attached hydrogens (tertiary/aromatic N) is 1. The Bertz CT molecular complexity index is 1530. The molecule has 200 valence electrons. The second-order valence-corrected chi connectivity index (χ2v) is 15.5. The highest BCUT2D eigenvalue weighted by molar-refractivity contribution is 8.17. The summed E-state index contributed by atoms with van der Waals surface area (Å²) in [6, 6.07) is 26.0. The number of hydrogen-bond donors (Lipinski definition) is 0. The van der Waals surface area contributed by atoms with Gasteiger partial charge in [0, 0.05) is 47.8 Å². The summed E-state index contributed by atoms with van der Waals surface area (Å²) >= 11 is 6.35. The Labute approximate surface area is 236 Å². The molecule has 1 fully saturated rings. The molecule has 3 aromatic rings. The molecule has 39 heavy (non-hydrogen) atoms. The van der Waals surface area contributed by atoms with Crippen molar-refractivity contribution in [2.75, 3.05) is 11.9 Å². The van der Waals surface area contributed by atoms with Gasteiger partial charge >= 0.3 is 0 Å². The summed E-state index contributed by atoms with van der Waals surface area (Å²) in [7, 11) is 2.08. The lowest BCUT2D eigenvalue weighted by Crippen LogP contribution is -2.31. The normalized spacial score (nSPS) is 20.5. The number of allylic oxidation sites excluding steroid dienone is 2. The number of carbonyl (C=O) groups is 2. The zero-order chi connectivity index (χ0) is 28.0. The molecule has 5 rings (SSSR count). The molecule has 6 heteroatoms. The van der Waals surface area contributed by atoms with Crippen molar-refractivity contribution >= 4 is 46.7 Å². The van der Waals surface area contributed by atoms with Crippen LogP contribution in [0.5, 0.6) is 5.75 Å². The average Bonchev–Trinajstić information content (AvgIpc) is 3.08. The molecule has 0 amide bonds. The number of hydrogen-bond acceptors (Lipinski definition) is 5. The fourth-order valence-corrected chi connectivity index (χ4v) is 8.64. The first-order valence-electron chi connectivity index (χ1n) is 13.2. The lowest BCUT2D eigenvalue weighted by atomic mass is 9.74. The van der Waals surface area contributed by atoms with E-state index >= 15 is 0 Å². The van der Waals surface area contributed by atoms with Crippen molar-refractivity contribution in [3.8, 4) is 5.75 Å². The number of likely N-dealkylation sites (N-methyl/N-ethyl adjacent to an activating group) is 1. The van der Waals surface area contributed by atoms with Gasteiger partial charge in [-0.2, -0.15) is 0 Å². The average molecular weight is 556 g/mol. The van der Waals surface area contributed by atoms with E-state index in [9.17, 15) is 9.59 Å². The Balaban J connectivity index is 1.48. The highest BCUT2D eigenvalue weighted by atomic mass is 32.4. The minimum Gasteiger partial charge on any atom is -0.458 e. The van der Waals surface area contributed by atoms with Crippen LogP contribution in [0.1, 0.15) is 51.7 Å². The molecule has 0 spiro atoms. The summed E-state index contributed by atoms with van der Waals surface area (Å²) in [6.45, 7) is 8.37. The molecule has 1 saturated carbocycles. The Kier molecular flexibility index (Phi) is 7.03. The zero-order valence-corrected chi connectivity index (χ0v) is 24.8. The van der Waals surface area contributed by atoms with E-state index in [0.717, 1.165) is 16.6 Å². The van der Waals surface area contributed by atoms with Gasteiger partial charge in [-0.1, -0.05) is 88.4 Å². The minimum absolute atomic E-state index is 0.0907. The summed E-state index contributed by atoms with van der Waals surface area (Å²) in [4.78, 5) is 27.5. The number of Topliss-reactive ketones (excluding diaryl/α,β-unsaturated/α-hetero) is 2. The van der Waals surface area contributed by atoms with Gasteiger partial charge in [-0.25, -0.2) is 0 Å². The van der Waals surface area contributed by atoms with Crippen LogP contribution >= 0.6 is 6.26 Å². The monoisotopic (exact) mass is 555 g/mol. The maximum Gasteiger partial charge on any atom is 0.167 e. The summed E-state index contributed by atoms with van der Waals surface area (Å²) in [5.74, 6) is 2.63. The molecule has 1 unspecified atom stereocenters. The van der Waals surface area contributed by atoms with Crippen molar-refractivity contribution in [1.29, 1.82) is 0 Å². The van der Waals surface area contributed by atoms with Crippen LogP contribution in [0.3, 0.4) is 0 Å². The number of rotatable bonds is 5. The van der Waals surface area contributed by atoms with Crippen LogP contribution in [0.15, 0.2) is 96.0 Å². The largest absolute Gasteiger partial charge is 0.458 e. The third kappa shape index (κ3) is 5.31. The lowest BCUT2D eigenvalue weighted by Gasteiger charge is -2.29. The molecule has 0 aromatic heterocycles. The summed E-state index contributed by atoms with van der Waals surface area (Å²) in [6.07, 6.45) is -0.198. The maximum atomic E-state index is 12.6. The number of benzene rings is 3. The van der Waals surface area contributed by atoms with Crippen LogP contribution in [-0.2, 0) is 26.8 Å². The fourth-order valence-electron chi connectivity index (χ4n) is 5.57. The highest BCUT2D eigenvalue weighted by Gasteiger charge is 2.40. The van der Waals surface area contributed by atoms with Crippen molar-refractivity contribution in [2.45, 2.75) is 46.0 Å². The van der Waals surface area contributed by atoms with Crippen LogP contribution < -0.4 is 14.7 Å². The molecule has 3 aromatic carbocycles. The molecular weight excluding hydrogens is 521 g/mol. The van der Waals surface area contributed by atoms with E-state index in [1.807, 2.05) is 68.4 Å². The molecule has 1 aliphatic carbocycles. The highest BCUT2D eigenvalue weighted by Crippen LogP contribution is 2.55. The lowest BCUT2D eigenvalue weighted by molar-refractivity contribution is -0.127. The SMILES string of the molecule is CN1C(=CP(=S)(Oc2ccc(C=C3C(=O)CC(C)(C)CC3=O)cc2)c2ccccc2)C(C)(C)c2ccccc21. The van der Waals surface area contributed by atoms with E-state index in [-0.39, 0.29) is 28.0 Å². The first-order chi connectivity index (χ1) is 18.4. The van der Waals surface area contributed by atoms with Gasteiger partial charge in [-0.3, -0.25) is 9.59 Å². The molecule has 1 aliphatic heterocycles. The summed E-state index contributed by atoms with van der Waals surface area (Å²) in [5, 5.41) is 0.972. The Hall–Kier alpha value is -3.27. The number of para-hydroxylation sites is 1. The van der Waals surface area contributed by atoms with Crippen LogP contribution in [0.4, 0.5) is 5.69 Å². The zero-order valence-electron chi connectivity index (χ0n) is 23.1. The third-order valence-electron chi connectivity index (χ3n) is 7.66. The smallest absolute Gasteiger partial charge is 0.167 e. The number of ketones is 2. The molecule has 1 heterocycles. The van der Waals surface area contributed by atoms with Crippen molar-refractivity contribution in [3.05, 3.63) is 107 Å².